The average Bonchev–Trinajstić information content (AvgIpc) is 2.66. The van der Waals surface area contributed by atoms with E-state index in [1.807, 2.05) is 74.4 Å². The van der Waals surface area contributed by atoms with Crippen LogP contribution < -0.4 is 4.74 Å². The van der Waals surface area contributed by atoms with Crippen LogP contribution in [0.4, 0.5) is 0 Å². The van der Waals surface area contributed by atoms with Crippen LogP contribution in [-0.4, -0.2) is 6.61 Å². The van der Waals surface area contributed by atoms with E-state index in [-0.39, 0.29) is 0 Å². The summed E-state index contributed by atoms with van der Waals surface area (Å²) >= 11 is 0. The van der Waals surface area contributed by atoms with Gasteiger partial charge in [-0.25, -0.2) is 0 Å². The van der Waals surface area contributed by atoms with Crippen LogP contribution in [0.15, 0.2) is 30.4 Å². The minimum atomic E-state index is 0.722. The second-order valence-electron chi connectivity index (χ2n) is 4.46. The van der Waals surface area contributed by atoms with Crippen LogP contribution in [0.5, 0.6) is 5.75 Å². The Morgan fingerprint density at radius 3 is 1.64 bits per heavy atom. The number of rotatable bonds is 4. The molecule has 0 atom stereocenters. The lowest BCUT2D eigenvalue weighted by Crippen LogP contribution is -1.99. The first-order valence-corrected chi connectivity index (χ1v) is 10.4. The SMILES string of the molecule is C=C(C)CCOc1cccc(C)c1C.CC.CC.CC.CC.CCC. The fraction of sp³-hybridized carbons (Fsp3) is 0.667. The van der Waals surface area contributed by atoms with Crippen molar-refractivity contribution in [3.8, 4) is 5.75 Å². The maximum Gasteiger partial charge on any atom is 0.122 e. The van der Waals surface area contributed by atoms with Gasteiger partial charge in [-0.2, -0.15) is 0 Å². The minimum Gasteiger partial charge on any atom is -0.493 e. The first-order valence-electron chi connectivity index (χ1n) is 10.4. The maximum atomic E-state index is 5.67. The van der Waals surface area contributed by atoms with E-state index in [1.165, 1.54) is 17.5 Å². The molecule has 0 saturated carbocycles. The summed E-state index contributed by atoms with van der Waals surface area (Å²) in [4.78, 5) is 0. The van der Waals surface area contributed by atoms with Gasteiger partial charge in [-0.3, -0.25) is 0 Å². The Morgan fingerprint density at radius 1 is 0.880 bits per heavy atom. The Labute approximate surface area is 161 Å². The Kier molecular flexibility index (Phi) is 47.8. The molecule has 0 heterocycles. The fourth-order valence-corrected chi connectivity index (χ4v) is 1.22. The van der Waals surface area contributed by atoms with Crippen LogP contribution in [0, 0.1) is 13.8 Å². The van der Waals surface area contributed by atoms with Crippen LogP contribution in [-0.2, 0) is 0 Å². The van der Waals surface area contributed by atoms with Crippen molar-refractivity contribution in [1.29, 1.82) is 0 Å². The molecule has 1 heteroatoms. The Balaban J connectivity index is -0.000000103. The zero-order chi connectivity index (χ0) is 21.3. The summed E-state index contributed by atoms with van der Waals surface area (Å²) in [6.45, 7) is 31.0. The second-order valence-corrected chi connectivity index (χ2v) is 4.46. The largest absolute Gasteiger partial charge is 0.493 e. The number of benzene rings is 1. The van der Waals surface area contributed by atoms with E-state index < -0.39 is 0 Å². The van der Waals surface area contributed by atoms with E-state index in [1.54, 1.807) is 0 Å². The van der Waals surface area contributed by atoms with Crippen molar-refractivity contribution in [1.82, 2.24) is 0 Å². The van der Waals surface area contributed by atoms with E-state index in [0.29, 0.717) is 0 Å². The summed E-state index contributed by atoms with van der Waals surface area (Å²) < 4.78 is 5.67. The highest BCUT2D eigenvalue weighted by Crippen LogP contribution is 2.20. The average molecular weight is 355 g/mol. The lowest BCUT2D eigenvalue weighted by molar-refractivity contribution is 0.319. The van der Waals surface area contributed by atoms with E-state index in [0.717, 1.165) is 24.4 Å². The van der Waals surface area contributed by atoms with E-state index in [4.69, 9.17) is 4.74 Å². The normalized spacial score (nSPS) is 7.24. The van der Waals surface area contributed by atoms with Crippen molar-refractivity contribution in [2.45, 2.75) is 103 Å². The number of hydrogen-bond donors (Lipinski definition) is 0. The van der Waals surface area contributed by atoms with Gasteiger partial charge in [-0.1, -0.05) is 93.4 Å². The quantitative estimate of drug-likeness (QED) is 0.489. The molecule has 0 aliphatic carbocycles. The van der Waals surface area contributed by atoms with Gasteiger partial charge in [0.05, 0.1) is 6.61 Å². The number of aryl methyl sites for hydroxylation is 1. The van der Waals surface area contributed by atoms with E-state index in [9.17, 15) is 0 Å². The monoisotopic (exact) mass is 354 g/mol. The highest BCUT2D eigenvalue weighted by molar-refractivity contribution is 5.38. The lowest BCUT2D eigenvalue weighted by Gasteiger charge is -2.10. The van der Waals surface area contributed by atoms with Crippen molar-refractivity contribution < 1.29 is 4.74 Å². The van der Waals surface area contributed by atoms with Crippen molar-refractivity contribution in [2.24, 2.45) is 0 Å². The molecule has 0 radical (unpaired) electrons. The summed E-state index contributed by atoms with van der Waals surface area (Å²) in [6.07, 6.45) is 2.17. The molecule has 0 aliphatic heterocycles. The van der Waals surface area contributed by atoms with Crippen molar-refractivity contribution in [3.05, 3.63) is 41.5 Å². The molecule has 0 bridgehead atoms. The van der Waals surface area contributed by atoms with Crippen molar-refractivity contribution in [3.63, 3.8) is 0 Å². The van der Waals surface area contributed by atoms with Gasteiger partial charge < -0.3 is 4.74 Å². The molecule has 0 aromatic heterocycles. The summed E-state index contributed by atoms with van der Waals surface area (Å²) in [5, 5.41) is 0. The van der Waals surface area contributed by atoms with Gasteiger partial charge in [-0.05, 0) is 38.0 Å². The highest BCUT2D eigenvalue weighted by atomic mass is 16.5. The van der Waals surface area contributed by atoms with E-state index in [2.05, 4.69) is 40.3 Å². The summed E-state index contributed by atoms with van der Waals surface area (Å²) in [6, 6.07) is 6.14. The van der Waals surface area contributed by atoms with Crippen LogP contribution >= 0.6 is 0 Å². The molecule has 0 unspecified atom stereocenters. The predicted octanol–water partition coefficient (Wildman–Crippen LogP) is 9.17. The smallest absolute Gasteiger partial charge is 0.122 e. The standard InChI is InChI=1S/C13H18O.C3H8.4C2H6/c1-10(2)8-9-14-13-7-5-6-11(3)12(13)4;1-3-2;4*1-2/h5-7H,1,8-9H2,2-4H3;3H2,1-2H3;4*1-2H3. The van der Waals surface area contributed by atoms with Crippen LogP contribution in [0.3, 0.4) is 0 Å². The molecule has 1 aromatic carbocycles. The van der Waals surface area contributed by atoms with Crippen LogP contribution in [0.25, 0.3) is 0 Å². The third-order valence-corrected chi connectivity index (χ3v) is 2.34. The molecular formula is C24H50O. The molecule has 1 nitrogen and oxygen atoms in total. The van der Waals surface area contributed by atoms with Crippen LogP contribution in [0.1, 0.15) is 100 Å². The molecule has 0 amide bonds. The molecule has 0 fully saturated rings. The minimum absolute atomic E-state index is 0.722. The molecule has 1 aromatic rings. The van der Waals surface area contributed by atoms with Crippen molar-refractivity contribution in [2.75, 3.05) is 6.61 Å². The van der Waals surface area contributed by atoms with Gasteiger partial charge in [0.15, 0.2) is 0 Å². The van der Waals surface area contributed by atoms with Gasteiger partial charge >= 0.3 is 0 Å². The van der Waals surface area contributed by atoms with Gasteiger partial charge in [0.25, 0.3) is 0 Å². The zero-order valence-electron chi connectivity index (χ0n) is 20.0. The fourth-order valence-electron chi connectivity index (χ4n) is 1.22. The highest BCUT2D eigenvalue weighted by Gasteiger charge is 2.00. The predicted molar refractivity (Wildman–Crippen MR) is 122 cm³/mol. The molecule has 152 valence electrons. The van der Waals surface area contributed by atoms with Gasteiger partial charge in [0.1, 0.15) is 5.75 Å². The van der Waals surface area contributed by atoms with E-state index >= 15 is 0 Å². The first kappa shape index (κ1) is 35.0. The third-order valence-electron chi connectivity index (χ3n) is 2.34. The Bertz CT molecular complexity index is 340. The Hall–Kier alpha value is -1.24. The van der Waals surface area contributed by atoms with Gasteiger partial charge in [-0.15, -0.1) is 6.58 Å². The number of hydrogen-bond acceptors (Lipinski definition) is 1. The topological polar surface area (TPSA) is 9.23 Å². The second kappa shape index (κ2) is 34.2. The van der Waals surface area contributed by atoms with Gasteiger partial charge in [0, 0.05) is 6.42 Å². The van der Waals surface area contributed by atoms with Crippen LogP contribution in [0.2, 0.25) is 0 Å². The molecule has 0 N–H and O–H groups in total. The maximum absolute atomic E-state index is 5.67. The Morgan fingerprint density at radius 2 is 1.28 bits per heavy atom. The molecule has 0 aliphatic rings. The lowest BCUT2D eigenvalue weighted by atomic mass is 10.1. The molecule has 1 rings (SSSR count). The molecule has 25 heavy (non-hydrogen) atoms. The number of ether oxygens (including phenoxy) is 1. The molecule has 0 saturated heterocycles. The zero-order valence-corrected chi connectivity index (χ0v) is 20.0. The first-order chi connectivity index (χ1) is 12.0. The summed E-state index contributed by atoms with van der Waals surface area (Å²) in [7, 11) is 0. The molecular weight excluding hydrogens is 304 g/mol. The molecule has 0 spiro atoms. The summed E-state index contributed by atoms with van der Waals surface area (Å²) in [5.74, 6) is 0.992. The summed E-state index contributed by atoms with van der Waals surface area (Å²) in [5.41, 5.74) is 3.67. The van der Waals surface area contributed by atoms with Gasteiger partial charge in [0.2, 0.25) is 0 Å². The third kappa shape index (κ3) is 27.9. The van der Waals surface area contributed by atoms with Crippen molar-refractivity contribution >= 4 is 0 Å².